The molecule has 1 saturated heterocycles. The largest absolute Gasteiger partial charge is 0.475 e. The second-order valence-electron chi connectivity index (χ2n) is 7.97. The molecule has 31 heavy (non-hydrogen) atoms. The average Bonchev–Trinajstić information content (AvgIpc) is 3.20. The van der Waals surface area contributed by atoms with Crippen LogP contribution in [0.15, 0.2) is 24.5 Å². The van der Waals surface area contributed by atoms with Gasteiger partial charge >= 0.3 is 0 Å². The van der Waals surface area contributed by atoms with E-state index in [1.54, 1.807) is 17.0 Å². The number of hydrogen-bond acceptors (Lipinski definition) is 6. The summed E-state index contributed by atoms with van der Waals surface area (Å²) in [5.74, 6) is 0.252. The zero-order valence-electron chi connectivity index (χ0n) is 17.6. The molecule has 164 valence electrons. The number of likely N-dealkylation sites (tertiary alicyclic amines) is 1. The summed E-state index contributed by atoms with van der Waals surface area (Å²) >= 11 is 0. The van der Waals surface area contributed by atoms with E-state index in [4.69, 9.17) is 4.74 Å². The molecule has 0 saturated carbocycles. The van der Waals surface area contributed by atoms with E-state index in [0.29, 0.717) is 35.9 Å². The number of halogens is 2. The molecule has 4 heterocycles. The molecule has 0 bridgehead atoms. The highest BCUT2D eigenvalue weighted by Crippen LogP contribution is 2.30. The minimum absolute atomic E-state index is 0.0579. The number of aryl methyl sites for hydroxylation is 1. The van der Waals surface area contributed by atoms with E-state index in [1.165, 1.54) is 16.9 Å². The lowest BCUT2D eigenvalue weighted by Gasteiger charge is -2.33. The van der Waals surface area contributed by atoms with Crippen molar-refractivity contribution in [3.05, 3.63) is 47.2 Å². The fraction of sp³-hybridized carbons (Fsp3) is 0.476. The maximum Gasteiger partial charge on any atom is 0.280 e. The molecule has 8 nitrogen and oxygen atoms in total. The highest BCUT2D eigenvalue weighted by atomic mass is 19.3. The van der Waals surface area contributed by atoms with Crippen molar-refractivity contribution in [1.29, 1.82) is 0 Å². The van der Waals surface area contributed by atoms with Crippen LogP contribution in [-0.4, -0.2) is 54.6 Å². The average molecular weight is 430 g/mol. The third-order valence-electron chi connectivity index (χ3n) is 5.18. The molecule has 1 fully saturated rings. The molecule has 1 aliphatic rings. The van der Waals surface area contributed by atoms with E-state index in [2.05, 4.69) is 20.1 Å². The first-order valence-electron chi connectivity index (χ1n) is 10.2. The van der Waals surface area contributed by atoms with E-state index in [1.807, 2.05) is 20.8 Å². The van der Waals surface area contributed by atoms with Crippen molar-refractivity contribution in [2.24, 2.45) is 0 Å². The number of aromatic nitrogens is 5. The summed E-state index contributed by atoms with van der Waals surface area (Å²) in [5.41, 5.74) is 1.44. The molecule has 0 aliphatic carbocycles. The fourth-order valence-electron chi connectivity index (χ4n) is 3.91. The predicted molar refractivity (Wildman–Crippen MR) is 108 cm³/mol. The Bertz CT molecular complexity index is 1100. The van der Waals surface area contributed by atoms with Gasteiger partial charge < -0.3 is 9.64 Å². The monoisotopic (exact) mass is 430 g/mol. The van der Waals surface area contributed by atoms with Crippen LogP contribution in [0.4, 0.5) is 8.78 Å². The Labute approximate surface area is 178 Å². The van der Waals surface area contributed by atoms with Gasteiger partial charge in [0.15, 0.2) is 0 Å². The molecule has 0 aromatic carbocycles. The van der Waals surface area contributed by atoms with Crippen LogP contribution >= 0.6 is 0 Å². The van der Waals surface area contributed by atoms with Crippen molar-refractivity contribution >= 4 is 11.7 Å². The fourth-order valence-corrected chi connectivity index (χ4v) is 3.91. The van der Waals surface area contributed by atoms with Crippen molar-refractivity contribution in [1.82, 2.24) is 29.5 Å². The molecule has 10 heteroatoms. The summed E-state index contributed by atoms with van der Waals surface area (Å²) in [7, 11) is 0. The molecule has 4 rings (SSSR count). The Morgan fingerprint density at radius 1 is 1.23 bits per heavy atom. The number of ether oxygens (including phenoxy) is 1. The van der Waals surface area contributed by atoms with Gasteiger partial charge in [0.2, 0.25) is 5.88 Å². The smallest absolute Gasteiger partial charge is 0.280 e. The highest BCUT2D eigenvalue weighted by molar-refractivity contribution is 5.94. The Morgan fingerprint density at radius 2 is 2.03 bits per heavy atom. The number of pyridine rings is 1. The number of piperidine rings is 1. The predicted octanol–water partition coefficient (Wildman–Crippen LogP) is 3.57. The second-order valence-corrected chi connectivity index (χ2v) is 7.97. The maximum atomic E-state index is 13.3. The number of carbonyl (C=O) groups excluding carboxylic acids is 1. The third-order valence-corrected chi connectivity index (χ3v) is 5.18. The normalized spacial score (nSPS) is 17.0. The summed E-state index contributed by atoms with van der Waals surface area (Å²) in [6.07, 6.45) is 0.0299. The number of carbonyl (C=O) groups is 1. The van der Waals surface area contributed by atoms with Gasteiger partial charge in [0.25, 0.3) is 18.1 Å². The molecular formula is C21H24F2N6O2. The summed E-state index contributed by atoms with van der Waals surface area (Å²) in [4.78, 5) is 27.1. The van der Waals surface area contributed by atoms with Gasteiger partial charge in [0.05, 0.1) is 11.8 Å². The lowest BCUT2D eigenvalue weighted by atomic mass is 9.93. The molecule has 0 spiro atoms. The maximum absolute atomic E-state index is 13.3. The zero-order valence-corrected chi connectivity index (χ0v) is 17.6. The molecule has 0 radical (unpaired) electrons. The van der Waals surface area contributed by atoms with Gasteiger partial charge in [-0.25, -0.2) is 23.3 Å². The first kappa shape index (κ1) is 21.1. The Kier molecular flexibility index (Phi) is 5.79. The van der Waals surface area contributed by atoms with Gasteiger partial charge in [-0.15, -0.1) is 0 Å². The molecule has 1 amide bonds. The first-order chi connectivity index (χ1) is 14.8. The van der Waals surface area contributed by atoms with Crippen LogP contribution in [0.25, 0.3) is 5.78 Å². The zero-order chi connectivity index (χ0) is 22.1. The van der Waals surface area contributed by atoms with Crippen molar-refractivity contribution in [3.8, 4) is 5.88 Å². The first-order valence-corrected chi connectivity index (χ1v) is 10.2. The SMILES string of the molecule is Cc1cc(C(=O)N2CCC[C@H](c3cc(C(F)F)nc4ncnn34)C2)cc(OC(C)C)n1. The molecule has 0 unspecified atom stereocenters. The molecule has 1 aliphatic heterocycles. The third kappa shape index (κ3) is 4.47. The van der Waals surface area contributed by atoms with Gasteiger partial charge in [-0.2, -0.15) is 10.1 Å². The van der Waals surface area contributed by atoms with Crippen molar-refractivity contribution in [3.63, 3.8) is 0 Å². The van der Waals surface area contributed by atoms with Crippen LogP contribution < -0.4 is 4.74 Å². The molecule has 3 aromatic heterocycles. The standard InChI is InChI=1S/C21H24F2N6O2/c1-12(2)31-18-8-15(7-13(3)26-18)20(30)28-6-4-5-14(10-28)17-9-16(19(22)23)27-21-24-11-25-29(17)21/h7-9,11-12,14,19H,4-6,10H2,1-3H3/t14-/m0/s1. The minimum Gasteiger partial charge on any atom is -0.475 e. The van der Waals surface area contributed by atoms with E-state index >= 15 is 0 Å². The Balaban J connectivity index is 1.61. The van der Waals surface area contributed by atoms with Crippen LogP contribution in [0, 0.1) is 6.92 Å². The van der Waals surface area contributed by atoms with Crippen LogP contribution in [0.1, 0.15) is 66.5 Å². The van der Waals surface area contributed by atoms with Gasteiger partial charge in [-0.1, -0.05) is 0 Å². The van der Waals surface area contributed by atoms with E-state index in [9.17, 15) is 13.6 Å². The number of amides is 1. The molecule has 1 atom stereocenters. The van der Waals surface area contributed by atoms with E-state index < -0.39 is 6.43 Å². The highest BCUT2D eigenvalue weighted by Gasteiger charge is 2.29. The summed E-state index contributed by atoms with van der Waals surface area (Å²) in [5, 5.41) is 4.14. The molecule has 0 N–H and O–H groups in total. The lowest BCUT2D eigenvalue weighted by molar-refractivity contribution is 0.0703. The summed E-state index contributed by atoms with van der Waals surface area (Å²) in [6.45, 7) is 6.59. The Hall–Kier alpha value is -3.17. The van der Waals surface area contributed by atoms with Gasteiger partial charge in [0.1, 0.15) is 12.0 Å². The van der Waals surface area contributed by atoms with Crippen molar-refractivity contribution in [2.45, 2.75) is 52.1 Å². The Morgan fingerprint density at radius 3 is 2.77 bits per heavy atom. The van der Waals surface area contributed by atoms with Crippen LogP contribution in [0.3, 0.4) is 0 Å². The van der Waals surface area contributed by atoms with Crippen LogP contribution in [0.2, 0.25) is 0 Å². The van der Waals surface area contributed by atoms with E-state index in [0.717, 1.165) is 12.8 Å². The van der Waals surface area contributed by atoms with Crippen molar-refractivity contribution in [2.75, 3.05) is 13.1 Å². The quantitative estimate of drug-likeness (QED) is 0.615. The van der Waals surface area contributed by atoms with Gasteiger partial charge in [-0.05, 0) is 45.7 Å². The molecular weight excluding hydrogens is 406 g/mol. The van der Waals surface area contributed by atoms with Crippen molar-refractivity contribution < 1.29 is 18.3 Å². The summed E-state index contributed by atoms with van der Waals surface area (Å²) in [6, 6.07) is 4.75. The van der Waals surface area contributed by atoms with E-state index in [-0.39, 0.29) is 29.4 Å². The van der Waals surface area contributed by atoms with Gasteiger partial charge in [0, 0.05) is 36.3 Å². The number of fused-ring (bicyclic) bond motifs is 1. The molecule has 3 aromatic rings. The van der Waals surface area contributed by atoms with Crippen LogP contribution in [-0.2, 0) is 0 Å². The number of nitrogens with zero attached hydrogens (tertiary/aromatic N) is 6. The van der Waals surface area contributed by atoms with Gasteiger partial charge in [-0.3, -0.25) is 4.79 Å². The number of alkyl halides is 2. The number of rotatable bonds is 5. The van der Waals surface area contributed by atoms with Crippen LogP contribution in [0.5, 0.6) is 5.88 Å². The second kappa shape index (κ2) is 8.52. The summed E-state index contributed by atoms with van der Waals surface area (Å²) < 4.78 is 33.8. The lowest BCUT2D eigenvalue weighted by Crippen LogP contribution is -2.39. The topological polar surface area (TPSA) is 85.5 Å². The minimum atomic E-state index is -2.71. The number of hydrogen-bond donors (Lipinski definition) is 0.